The van der Waals surface area contributed by atoms with E-state index in [1.165, 1.54) is 12.3 Å². The Bertz CT molecular complexity index is 1610. The maximum absolute atomic E-state index is 13.3. The number of sulfone groups is 1. The molecule has 0 radical (unpaired) electrons. The van der Waals surface area contributed by atoms with Gasteiger partial charge in [-0.25, -0.2) is 33.3 Å². The van der Waals surface area contributed by atoms with Crippen molar-refractivity contribution in [2.45, 2.75) is 57.0 Å². The van der Waals surface area contributed by atoms with Crippen LogP contribution in [0.5, 0.6) is 0 Å². The van der Waals surface area contributed by atoms with Crippen molar-refractivity contribution in [1.82, 2.24) is 34.5 Å². The van der Waals surface area contributed by atoms with E-state index >= 15 is 0 Å². The molecule has 1 fully saturated rings. The molecule has 186 valence electrons. The lowest BCUT2D eigenvalue weighted by Crippen LogP contribution is -2.26. The standard InChI is InChI=1S/C24H26N8O3S/c1-4-9-32-23-21(27-12-18(30-23)19-14(2)28-13-29-20(19)15-5-6-15)31-22(24(32)33)26-10-16-7-8-17(11-25-16)36(3,34)35/h7-8,11-13,15H,4-6,9-10H2,1-3H3,(H,26,27,31). The Morgan fingerprint density at radius 2 is 1.89 bits per heavy atom. The molecule has 1 aliphatic rings. The van der Waals surface area contributed by atoms with Gasteiger partial charge in [0.05, 0.1) is 40.4 Å². The van der Waals surface area contributed by atoms with Gasteiger partial charge >= 0.3 is 0 Å². The van der Waals surface area contributed by atoms with Crippen LogP contribution >= 0.6 is 0 Å². The van der Waals surface area contributed by atoms with Gasteiger partial charge in [0.25, 0.3) is 5.56 Å². The average Bonchev–Trinajstić information content (AvgIpc) is 3.70. The highest BCUT2D eigenvalue weighted by Gasteiger charge is 2.30. The van der Waals surface area contributed by atoms with E-state index in [0.717, 1.165) is 42.5 Å². The molecular formula is C24H26N8O3S. The van der Waals surface area contributed by atoms with Crippen molar-refractivity contribution in [2.75, 3.05) is 11.6 Å². The summed E-state index contributed by atoms with van der Waals surface area (Å²) >= 11 is 0. The summed E-state index contributed by atoms with van der Waals surface area (Å²) in [6.45, 7) is 4.55. The minimum Gasteiger partial charge on any atom is -0.360 e. The average molecular weight is 507 g/mol. The van der Waals surface area contributed by atoms with Crippen molar-refractivity contribution >= 4 is 26.9 Å². The molecular weight excluding hydrogens is 480 g/mol. The monoisotopic (exact) mass is 506 g/mol. The van der Waals surface area contributed by atoms with Gasteiger partial charge in [-0.2, -0.15) is 0 Å². The number of rotatable bonds is 8. The summed E-state index contributed by atoms with van der Waals surface area (Å²) in [7, 11) is -3.33. The lowest BCUT2D eigenvalue weighted by Gasteiger charge is -2.14. The van der Waals surface area contributed by atoms with E-state index in [9.17, 15) is 13.2 Å². The zero-order valence-corrected chi connectivity index (χ0v) is 21.1. The van der Waals surface area contributed by atoms with Gasteiger partial charge < -0.3 is 5.32 Å². The molecule has 0 aromatic carbocycles. The molecule has 12 heteroatoms. The van der Waals surface area contributed by atoms with Gasteiger partial charge in [-0.15, -0.1) is 0 Å². The third-order valence-corrected chi connectivity index (χ3v) is 7.15. The molecule has 0 saturated heterocycles. The van der Waals surface area contributed by atoms with Crippen molar-refractivity contribution in [3.8, 4) is 11.3 Å². The third kappa shape index (κ3) is 4.68. The molecule has 1 N–H and O–H groups in total. The fourth-order valence-electron chi connectivity index (χ4n) is 4.06. The van der Waals surface area contributed by atoms with Gasteiger partial charge in [0.15, 0.2) is 26.9 Å². The highest BCUT2D eigenvalue weighted by Crippen LogP contribution is 2.43. The van der Waals surface area contributed by atoms with Crippen LogP contribution in [0.2, 0.25) is 0 Å². The van der Waals surface area contributed by atoms with Gasteiger partial charge in [-0.05, 0) is 38.3 Å². The molecule has 0 aliphatic heterocycles. The fraction of sp³-hybridized carbons (Fsp3) is 0.375. The number of nitrogens with one attached hydrogen (secondary N) is 1. The van der Waals surface area contributed by atoms with Crippen molar-refractivity contribution < 1.29 is 8.42 Å². The van der Waals surface area contributed by atoms with Crippen molar-refractivity contribution in [1.29, 1.82) is 0 Å². The number of fused-ring (bicyclic) bond motifs is 1. The van der Waals surface area contributed by atoms with E-state index in [2.05, 4.69) is 30.2 Å². The third-order valence-electron chi connectivity index (χ3n) is 6.05. The predicted octanol–water partition coefficient (Wildman–Crippen LogP) is 2.65. The van der Waals surface area contributed by atoms with Crippen LogP contribution in [0.4, 0.5) is 5.82 Å². The summed E-state index contributed by atoms with van der Waals surface area (Å²) in [5, 5.41) is 3.02. The number of aryl methyl sites for hydroxylation is 2. The maximum atomic E-state index is 13.3. The summed E-state index contributed by atoms with van der Waals surface area (Å²) in [4.78, 5) is 40.3. The Labute approximate surface area is 208 Å². The summed E-state index contributed by atoms with van der Waals surface area (Å²) in [6, 6.07) is 3.09. The Kier molecular flexibility index (Phi) is 6.20. The highest BCUT2D eigenvalue weighted by molar-refractivity contribution is 7.90. The van der Waals surface area contributed by atoms with E-state index in [-0.39, 0.29) is 22.8 Å². The lowest BCUT2D eigenvalue weighted by molar-refractivity contribution is 0.601. The van der Waals surface area contributed by atoms with E-state index in [1.54, 1.807) is 23.2 Å². The fourth-order valence-corrected chi connectivity index (χ4v) is 4.62. The SMILES string of the molecule is CCCn1c(=O)c(NCc2ccc(S(C)(=O)=O)cn2)nc2ncc(-c3c(C)ncnc3C3CC3)nc21. The molecule has 1 aliphatic carbocycles. The van der Waals surface area contributed by atoms with Gasteiger partial charge in [0.1, 0.15) is 6.33 Å². The highest BCUT2D eigenvalue weighted by atomic mass is 32.2. The smallest absolute Gasteiger partial charge is 0.295 e. The molecule has 4 heterocycles. The van der Waals surface area contributed by atoms with E-state index in [4.69, 9.17) is 4.98 Å². The Hall–Kier alpha value is -3.80. The van der Waals surface area contributed by atoms with E-state index < -0.39 is 9.84 Å². The number of aromatic nitrogens is 7. The van der Waals surface area contributed by atoms with Gasteiger partial charge in [-0.3, -0.25) is 14.3 Å². The number of pyridine rings is 1. The van der Waals surface area contributed by atoms with Crippen molar-refractivity contribution in [3.05, 3.63) is 58.3 Å². The van der Waals surface area contributed by atoms with Crippen molar-refractivity contribution in [2.24, 2.45) is 0 Å². The van der Waals surface area contributed by atoms with Crippen LogP contribution in [0.3, 0.4) is 0 Å². The molecule has 0 amide bonds. The van der Waals surface area contributed by atoms with Crippen LogP contribution in [0.15, 0.2) is 40.5 Å². The summed E-state index contributed by atoms with van der Waals surface area (Å²) in [5.41, 5.74) is 4.31. The first-order valence-corrected chi connectivity index (χ1v) is 13.6. The van der Waals surface area contributed by atoms with Crippen LogP contribution in [0.1, 0.15) is 49.2 Å². The second-order valence-corrected chi connectivity index (χ2v) is 10.9. The maximum Gasteiger partial charge on any atom is 0.295 e. The van der Waals surface area contributed by atoms with Crippen molar-refractivity contribution in [3.63, 3.8) is 0 Å². The van der Waals surface area contributed by atoms with E-state index in [1.807, 2.05) is 13.8 Å². The Morgan fingerprint density at radius 1 is 1.08 bits per heavy atom. The van der Waals surface area contributed by atoms with Crippen LogP contribution in [-0.2, 0) is 22.9 Å². The van der Waals surface area contributed by atoms with Crippen LogP contribution in [0, 0.1) is 6.92 Å². The molecule has 4 aromatic rings. The van der Waals surface area contributed by atoms with Crippen LogP contribution in [-0.4, -0.2) is 49.1 Å². The molecule has 0 bridgehead atoms. The largest absolute Gasteiger partial charge is 0.360 e. The second-order valence-electron chi connectivity index (χ2n) is 8.92. The molecule has 4 aromatic heterocycles. The molecule has 36 heavy (non-hydrogen) atoms. The van der Waals surface area contributed by atoms with Gasteiger partial charge in [0.2, 0.25) is 0 Å². The summed E-state index contributed by atoms with van der Waals surface area (Å²) in [5.74, 6) is 0.534. The minimum absolute atomic E-state index is 0.130. The van der Waals surface area contributed by atoms with Gasteiger partial charge in [0, 0.05) is 30.5 Å². The van der Waals surface area contributed by atoms with Crippen LogP contribution < -0.4 is 10.9 Å². The van der Waals surface area contributed by atoms with Gasteiger partial charge in [-0.1, -0.05) is 6.92 Å². The molecule has 0 unspecified atom stereocenters. The second kappa shape index (κ2) is 9.34. The molecule has 0 spiro atoms. The summed E-state index contributed by atoms with van der Waals surface area (Å²) in [6.07, 6.45) is 8.57. The molecule has 5 rings (SSSR count). The molecule has 1 saturated carbocycles. The zero-order chi connectivity index (χ0) is 25.4. The molecule has 0 atom stereocenters. The topological polar surface area (TPSA) is 146 Å². The normalized spacial score (nSPS) is 13.8. The predicted molar refractivity (Wildman–Crippen MR) is 134 cm³/mol. The summed E-state index contributed by atoms with van der Waals surface area (Å²) < 4.78 is 24.9. The first-order chi connectivity index (χ1) is 17.3. The number of anilines is 1. The Balaban J connectivity index is 1.51. The first-order valence-electron chi connectivity index (χ1n) is 11.7. The quantitative estimate of drug-likeness (QED) is 0.378. The van der Waals surface area contributed by atoms with Crippen LogP contribution in [0.25, 0.3) is 22.6 Å². The Morgan fingerprint density at radius 3 is 2.56 bits per heavy atom. The number of hydrogen-bond acceptors (Lipinski definition) is 10. The van der Waals surface area contributed by atoms with E-state index in [0.29, 0.717) is 35.1 Å². The lowest BCUT2D eigenvalue weighted by atomic mass is 10.1. The molecule has 11 nitrogen and oxygen atoms in total. The zero-order valence-electron chi connectivity index (χ0n) is 20.3. The minimum atomic E-state index is -3.33. The first kappa shape index (κ1) is 23.9. The number of nitrogens with zero attached hydrogens (tertiary/aromatic N) is 7. The number of hydrogen-bond donors (Lipinski definition) is 1.